The van der Waals surface area contributed by atoms with E-state index in [0.717, 1.165) is 6.08 Å². The third-order valence-electron chi connectivity index (χ3n) is 2.43. The largest absolute Gasteiger partial charge is 0.322 e. The van der Waals surface area contributed by atoms with Crippen LogP contribution in [0, 0.1) is 0 Å². The number of carbonyl (C=O) groups is 1. The molecule has 1 aromatic carbocycles. The fourth-order valence-electron chi connectivity index (χ4n) is 1.61. The first kappa shape index (κ1) is 12.3. The van der Waals surface area contributed by atoms with Gasteiger partial charge in [0.25, 0.3) is 10.0 Å². The number of anilines is 1. The van der Waals surface area contributed by atoms with Crippen LogP contribution in [-0.4, -0.2) is 27.2 Å². The molecule has 1 heterocycles. The number of aliphatic imine (C=N–C) groups is 1. The van der Waals surface area contributed by atoms with Crippen molar-refractivity contribution in [3.05, 3.63) is 36.4 Å². The molecular formula is C11H11N3O3S. The second kappa shape index (κ2) is 4.26. The van der Waals surface area contributed by atoms with Crippen LogP contribution >= 0.6 is 0 Å². The highest BCUT2D eigenvalue weighted by molar-refractivity contribution is 7.90. The first-order valence-corrected chi connectivity index (χ1v) is 6.53. The zero-order chi connectivity index (χ0) is 13.3. The first-order valence-electron chi connectivity index (χ1n) is 5.05. The van der Waals surface area contributed by atoms with Crippen molar-refractivity contribution in [3.63, 3.8) is 0 Å². The minimum Gasteiger partial charge on any atom is -0.322 e. The standard InChI is InChI=1S/C11H11N3O3S/c1-3-10(15)13-7-4-5-8-9(6-7)18(16,17)14-11(8)12-2/h3-6H,1H2,2H3,(H,12,14)(H,13,15). The fraction of sp³-hybridized carbons (Fsp3) is 0.0909. The average molecular weight is 265 g/mol. The lowest BCUT2D eigenvalue weighted by atomic mass is 10.2. The molecule has 0 aromatic heterocycles. The summed E-state index contributed by atoms with van der Waals surface area (Å²) in [5, 5.41) is 2.50. The maximum Gasteiger partial charge on any atom is 0.263 e. The third kappa shape index (κ3) is 2.00. The Labute approximate surface area is 104 Å². The van der Waals surface area contributed by atoms with Gasteiger partial charge in [0, 0.05) is 18.3 Å². The lowest BCUT2D eigenvalue weighted by Crippen LogP contribution is -2.21. The predicted octanol–water partition coefficient (Wildman–Crippen LogP) is 0.479. The predicted molar refractivity (Wildman–Crippen MR) is 68.1 cm³/mol. The number of rotatable bonds is 2. The lowest BCUT2D eigenvalue weighted by molar-refractivity contribution is -0.111. The van der Waals surface area contributed by atoms with Gasteiger partial charge in [-0.1, -0.05) is 6.58 Å². The molecular weight excluding hydrogens is 254 g/mol. The molecule has 0 bridgehead atoms. The highest BCUT2D eigenvalue weighted by Crippen LogP contribution is 2.26. The maximum absolute atomic E-state index is 11.8. The van der Waals surface area contributed by atoms with Crippen LogP contribution in [0.1, 0.15) is 5.56 Å². The molecule has 0 fully saturated rings. The van der Waals surface area contributed by atoms with E-state index in [0.29, 0.717) is 17.1 Å². The Hall–Kier alpha value is -2.15. The van der Waals surface area contributed by atoms with Gasteiger partial charge >= 0.3 is 0 Å². The summed E-state index contributed by atoms with van der Waals surface area (Å²) in [7, 11) is -2.09. The van der Waals surface area contributed by atoms with E-state index in [9.17, 15) is 13.2 Å². The molecule has 2 rings (SSSR count). The minimum atomic E-state index is -3.59. The molecule has 1 amide bonds. The Morgan fingerprint density at radius 3 is 2.83 bits per heavy atom. The van der Waals surface area contributed by atoms with Crippen LogP contribution in [0.2, 0.25) is 0 Å². The van der Waals surface area contributed by atoms with Crippen molar-refractivity contribution in [1.82, 2.24) is 4.72 Å². The van der Waals surface area contributed by atoms with Crippen molar-refractivity contribution < 1.29 is 13.2 Å². The molecule has 0 radical (unpaired) electrons. The molecule has 1 aliphatic heterocycles. The van der Waals surface area contributed by atoms with E-state index in [2.05, 4.69) is 21.6 Å². The number of hydrogen-bond acceptors (Lipinski definition) is 4. The van der Waals surface area contributed by atoms with E-state index in [1.165, 1.54) is 13.1 Å². The van der Waals surface area contributed by atoms with Gasteiger partial charge in [-0.05, 0) is 24.3 Å². The van der Waals surface area contributed by atoms with E-state index in [4.69, 9.17) is 0 Å². The summed E-state index contributed by atoms with van der Waals surface area (Å²) >= 11 is 0. The summed E-state index contributed by atoms with van der Waals surface area (Å²) < 4.78 is 25.9. The van der Waals surface area contributed by atoms with Crippen LogP contribution in [0.3, 0.4) is 0 Å². The lowest BCUT2D eigenvalue weighted by Gasteiger charge is -2.03. The smallest absolute Gasteiger partial charge is 0.263 e. The highest BCUT2D eigenvalue weighted by atomic mass is 32.2. The number of fused-ring (bicyclic) bond motifs is 1. The van der Waals surface area contributed by atoms with Gasteiger partial charge in [0.15, 0.2) is 0 Å². The zero-order valence-electron chi connectivity index (χ0n) is 9.60. The number of amides is 1. The molecule has 0 aliphatic carbocycles. The minimum absolute atomic E-state index is 0.102. The van der Waals surface area contributed by atoms with E-state index in [1.807, 2.05) is 0 Å². The number of benzene rings is 1. The van der Waals surface area contributed by atoms with Gasteiger partial charge in [-0.3, -0.25) is 14.5 Å². The Balaban J connectivity index is 2.50. The summed E-state index contributed by atoms with van der Waals surface area (Å²) in [6.07, 6.45) is 1.11. The molecule has 6 nitrogen and oxygen atoms in total. The second-order valence-corrected chi connectivity index (χ2v) is 5.23. The number of sulfonamides is 1. The van der Waals surface area contributed by atoms with E-state index in [1.54, 1.807) is 12.1 Å². The van der Waals surface area contributed by atoms with Gasteiger partial charge in [-0.15, -0.1) is 0 Å². The second-order valence-electron chi connectivity index (χ2n) is 3.58. The molecule has 0 atom stereocenters. The average Bonchev–Trinajstić information content (AvgIpc) is 2.61. The van der Waals surface area contributed by atoms with Gasteiger partial charge < -0.3 is 5.32 Å². The number of nitrogens with zero attached hydrogens (tertiary/aromatic N) is 1. The normalized spacial score (nSPS) is 17.9. The maximum atomic E-state index is 11.8. The summed E-state index contributed by atoms with van der Waals surface area (Å²) in [5.41, 5.74) is 0.885. The van der Waals surface area contributed by atoms with E-state index >= 15 is 0 Å². The Kier molecular flexibility index (Phi) is 2.92. The van der Waals surface area contributed by atoms with Crippen molar-refractivity contribution in [1.29, 1.82) is 0 Å². The molecule has 0 spiro atoms. The van der Waals surface area contributed by atoms with Crippen LogP contribution in [0.5, 0.6) is 0 Å². The van der Waals surface area contributed by atoms with Crippen molar-refractivity contribution in [3.8, 4) is 0 Å². The van der Waals surface area contributed by atoms with E-state index < -0.39 is 15.9 Å². The molecule has 0 saturated carbocycles. The monoisotopic (exact) mass is 265 g/mol. The number of carbonyl (C=O) groups excluding carboxylic acids is 1. The Bertz CT molecular complexity index is 662. The van der Waals surface area contributed by atoms with Crippen LogP contribution in [-0.2, 0) is 14.8 Å². The zero-order valence-corrected chi connectivity index (χ0v) is 10.4. The number of hydrogen-bond donors (Lipinski definition) is 2. The quantitative estimate of drug-likeness (QED) is 0.762. The molecule has 1 aliphatic rings. The van der Waals surface area contributed by atoms with Crippen molar-refractivity contribution in [2.45, 2.75) is 4.90 Å². The summed E-state index contributed by atoms with van der Waals surface area (Å²) in [4.78, 5) is 15.1. The van der Waals surface area contributed by atoms with Gasteiger partial charge in [0.05, 0.1) is 0 Å². The summed E-state index contributed by atoms with van der Waals surface area (Å²) in [5.74, 6) is -0.103. The topological polar surface area (TPSA) is 87.6 Å². The van der Waals surface area contributed by atoms with Gasteiger partial charge in [0.1, 0.15) is 10.7 Å². The van der Waals surface area contributed by atoms with Gasteiger partial charge in [-0.2, -0.15) is 0 Å². The first-order chi connectivity index (χ1) is 8.47. The van der Waals surface area contributed by atoms with Crippen molar-refractivity contribution >= 4 is 27.5 Å². The van der Waals surface area contributed by atoms with Crippen LogP contribution in [0.4, 0.5) is 5.69 Å². The van der Waals surface area contributed by atoms with Crippen molar-refractivity contribution in [2.75, 3.05) is 12.4 Å². The third-order valence-corrected chi connectivity index (χ3v) is 3.81. The van der Waals surface area contributed by atoms with Crippen LogP contribution < -0.4 is 10.0 Å². The highest BCUT2D eigenvalue weighted by Gasteiger charge is 2.30. The molecule has 0 unspecified atom stereocenters. The molecule has 7 heteroatoms. The Morgan fingerprint density at radius 2 is 2.22 bits per heavy atom. The van der Waals surface area contributed by atoms with Gasteiger partial charge in [-0.25, -0.2) is 8.42 Å². The number of nitrogens with one attached hydrogen (secondary N) is 2. The molecule has 18 heavy (non-hydrogen) atoms. The molecule has 0 saturated heterocycles. The molecule has 94 valence electrons. The van der Waals surface area contributed by atoms with E-state index in [-0.39, 0.29) is 4.90 Å². The van der Waals surface area contributed by atoms with Crippen molar-refractivity contribution in [2.24, 2.45) is 4.99 Å². The summed E-state index contributed by atoms with van der Waals surface area (Å²) in [6.45, 7) is 3.32. The Morgan fingerprint density at radius 1 is 1.50 bits per heavy atom. The number of amidine groups is 1. The van der Waals surface area contributed by atoms with Gasteiger partial charge in [0.2, 0.25) is 5.91 Å². The fourth-order valence-corrected chi connectivity index (χ4v) is 2.92. The molecule has 2 N–H and O–H groups in total. The molecule has 1 aromatic rings. The van der Waals surface area contributed by atoms with Crippen LogP contribution in [0.25, 0.3) is 0 Å². The SMILES string of the molecule is C=CC(=O)Nc1ccc2c(c1)S(=O)(=O)NC2=NC. The van der Waals surface area contributed by atoms with Crippen LogP contribution in [0.15, 0.2) is 40.7 Å². The summed E-state index contributed by atoms with van der Waals surface area (Å²) in [6, 6.07) is 4.58.